The molecule has 1 atom stereocenters. The third-order valence-corrected chi connectivity index (χ3v) is 12.9. The van der Waals surface area contributed by atoms with Gasteiger partial charge in [0.25, 0.3) is 0 Å². The second-order valence-corrected chi connectivity index (χ2v) is 22.1. The molecule has 1 spiro atoms. The van der Waals surface area contributed by atoms with Gasteiger partial charge in [0.05, 0.1) is 0 Å². The van der Waals surface area contributed by atoms with Crippen molar-refractivity contribution in [1.82, 2.24) is 4.90 Å². The summed E-state index contributed by atoms with van der Waals surface area (Å²) in [6.45, 7) is 19.5. The summed E-state index contributed by atoms with van der Waals surface area (Å²) in [6, 6.07) is 45.7. The van der Waals surface area contributed by atoms with E-state index in [1.807, 2.05) is 10.7 Å². The van der Waals surface area contributed by atoms with Crippen molar-refractivity contribution in [3.63, 3.8) is 0 Å². The van der Waals surface area contributed by atoms with Crippen LogP contribution in [-0.4, -0.2) is 15.0 Å². The van der Waals surface area contributed by atoms with Gasteiger partial charge < -0.3 is 4.90 Å². The summed E-state index contributed by atoms with van der Waals surface area (Å²) >= 11 is -1.85. The Balaban J connectivity index is 0.000000185. The molecular formula is C49H57Cl2N2Ru-. The number of hydrogen-bond acceptors (Lipinski definition) is 2. The number of nitrogens with zero attached hydrogens (tertiary/aromatic N) is 2. The Morgan fingerprint density at radius 2 is 1.26 bits per heavy atom. The van der Waals surface area contributed by atoms with Crippen LogP contribution in [0.2, 0.25) is 0 Å². The van der Waals surface area contributed by atoms with E-state index in [1.54, 1.807) is 11.1 Å². The molecule has 0 N–H and O–H groups in total. The molecule has 0 aromatic heterocycles. The maximum atomic E-state index is 6.12. The van der Waals surface area contributed by atoms with E-state index in [1.165, 1.54) is 59.2 Å². The molecule has 1 saturated heterocycles. The van der Waals surface area contributed by atoms with E-state index in [0.717, 1.165) is 25.2 Å². The van der Waals surface area contributed by atoms with E-state index in [4.69, 9.17) is 19.4 Å². The van der Waals surface area contributed by atoms with Crippen molar-refractivity contribution >= 4 is 29.7 Å². The van der Waals surface area contributed by atoms with E-state index >= 15 is 0 Å². The van der Waals surface area contributed by atoms with Crippen LogP contribution in [0.1, 0.15) is 117 Å². The number of halogens is 2. The molecule has 54 heavy (non-hydrogen) atoms. The summed E-state index contributed by atoms with van der Waals surface area (Å²) in [4.78, 5) is 5.12. The number of aryl methyl sites for hydroxylation is 1. The van der Waals surface area contributed by atoms with Crippen LogP contribution in [0.5, 0.6) is 0 Å². The van der Waals surface area contributed by atoms with Gasteiger partial charge in [-0.2, -0.15) is 0 Å². The quantitative estimate of drug-likeness (QED) is 0.102. The fraction of sp³-hybridized carbons (Fsp3) is 0.347. The van der Waals surface area contributed by atoms with Crippen LogP contribution < -0.4 is 4.90 Å². The van der Waals surface area contributed by atoms with E-state index in [-0.39, 0.29) is 11.0 Å². The van der Waals surface area contributed by atoms with Gasteiger partial charge in [-0.3, -0.25) is 0 Å². The Kier molecular flexibility index (Phi) is 13.7. The van der Waals surface area contributed by atoms with Crippen molar-refractivity contribution in [3.05, 3.63) is 178 Å². The van der Waals surface area contributed by atoms with E-state index < -0.39 is 13.5 Å². The SMILES string of the molecule is CC(C)c1cccc(C(C)C)c1N1[CH-]C2(CCCc3ccccc32)CC1(C)C.[Cl][Ru]([Cl])=[CH]c1ccccc1CN(Cc1ccccc1)Cc1ccccc1. The Morgan fingerprint density at radius 3 is 1.85 bits per heavy atom. The molecule has 0 bridgehead atoms. The third-order valence-electron chi connectivity index (χ3n) is 11.1. The van der Waals surface area contributed by atoms with Crippen molar-refractivity contribution in [3.8, 4) is 0 Å². The second-order valence-electron chi connectivity index (χ2n) is 16.4. The summed E-state index contributed by atoms with van der Waals surface area (Å²) in [5.74, 6) is 1.04. The molecule has 0 saturated carbocycles. The molecule has 0 amide bonds. The first-order chi connectivity index (χ1) is 26.0. The van der Waals surface area contributed by atoms with Gasteiger partial charge in [0, 0.05) is 11.2 Å². The second kappa shape index (κ2) is 18.3. The van der Waals surface area contributed by atoms with Gasteiger partial charge in [-0.25, -0.2) is 6.54 Å². The van der Waals surface area contributed by atoms with Gasteiger partial charge in [0.1, 0.15) is 0 Å². The summed E-state index contributed by atoms with van der Waals surface area (Å²) in [7, 11) is 12.2. The van der Waals surface area contributed by atoms with Crippen LogP contribution >= 0.6 is 19.4 Å². The Morgan fingerprint density at radius 1 is 0.704 bits per heavy atom. The van der Waals surface area contributed by atoms with Crippen LogP contribution in [0, 0.1) is 6.54 Å². The molecule has 1 fully saturated rings. The van der Waals surface area contributed by atoms with Crippen LogP contribution in [-0.2, 0) is 45.0 Å². The van der Waals surface area contributed by atoms with Gasteiger partial charge in [-0.1, -0.05) is 88.6 Å². The fourth-order valence-corrected chi connectivity index (χ4v) is 10.6. The van der Waals surface area contributed by atoms with Gasteiger partial charge in [0.15, 0.2) is 0 Å². The molecule has 1 unspecified atom stereocenters. The van der Waals surface area contributed by atoms with Crippen molar-refractivity contribution in [2.45, 2.75) is 110 Å². The monoisotopic (exact) mass is 845 g/mol. The first-order valence-corrected chi connectivity index (χ1v) is 25.0. The number of benzene rings is 5. The molecule has 1 heterocycles. The molecule has 2 nitrogen and oxygen atoms in total. The Labute approximate surface area is 339 Å². The zero-order chi connectivity index (χ0) is 38.3. The van der Waals surface area contributed by atoms with Crippen molar-refractivity contribution in [1.29, 1.82) is 0 Å². The topological polar surface area (TPSA) is 6.48 Å². The number of anilines is 1. The van der Waals surface area contributed by atoms with Crippen molar-refractivity contribution in [2.24, 2.45) is 0 Å². The predicted molar refractivity (Wildman–Crippen MR) is 230 cm³/mol. The summed E-state index contributed by atoms with van der Waals surface area (Å²) in [5.41, 5.74) is 12.9. The first-order valence-electron chi connectivity index (χ1n) is 19.5. The molecule has 2 aliphatic rings. The zero-order valence-corrected chi connectivity index (χ0v) is 36.1. The van der Waals surface area contributed by atoms with Crippen molar-refractivity contribution in [2.75, 3.05) is 4.90 Å². The summed E-state index contributed by atoms with van der Waals surface area (Å²) in [5, 5.41) is 0. The number of para-hydroxylation sites is 1. The molecular weight excluding hydrogens is 789 g/mol. The third kappa shape index (κ3) is 9.83. The van der Waals surface area contributed by atoms with E-state index in [9.17, 15) is 0 Å². The summed E-state index contributed by atoms with van der Waals surface area (Å²) < 4.78 is 2.03. The number of fused-ring (bicyclic) bond motifs is 2. The van der Waals surface area contributed by atoms with Gasteiger partial charge in [0.2, 0.25) is 0 Å². The Bertz CT molecular complexity index is 1930. The molecule has 5 aromatic carbocycles. The van der Waals surface area contributed by atoms with E-state index in [0.29, 0.717) is 11.8 Å². The standard InChI is InChI=1S/C27H36N.C22H21N.2ClH.Ru/c1-19(2)22-13-9-14-23(20(3)4)25(22)28-18-27(17-26(28,5)6)16-10-12-21-11-7-8-15-24(21)27;1-19-10-8-9-15-22(19)18-23(16-20-11-4-2-5-12-20)17-21-13-6-3-7-14-21;;;/h7-9,11,13-15,18-20H,10,12,16-17H2,1-6H3;1-15H,16-18H2;2*1H;/q-1;;;;+2/p-2. The zero-order valence-electron chi connectivity index (χ0n) is 32.9. The molecule has 5 heteroatoms. The van der Waals surface area contributed by atoms with Crippen LogP contribution in [0.3, 0.4) is 0 Å². The number of rotatable bonds is 10. The number of hydrogen-bond donors (Lipinski definition) is 0. The molecule has 7 rings (SSSR count). The molecule has 1 aliphatic carbocycles. The minimum atomic E-state index is -1.85. The average Bonchev–Trinajstić information content (AvgIpc) is 3.42. The van der Waals surface area contributed by atoms with Gasteiger partial charge >= 0.3 is 169 Å². The molecule has 0 radical (unpaired) electrons. The molecule has 5 aromatic rings. The Hall–Kier alpha value is -3.07. The normalized spacial score (nSPS) is 17.8. The first kappa shape index (κ1) is 40.6. The van der Waals surface area contributed by atoms with Crippen LogP contribution in [0.25, 0.3) is 0 Å². The minimum absolute atomic E-state index is 0.110. The summed E-state index contributed by atoms with van der Waals surface area (Å²) in [6.07, 6.45) is 4.98. The predicted octanol–water partition coefficient (Wildman–Crippen LogP) is 13.3. The average molecular weight is 846 g/mol. The molecule has 286 valence electrons. The molecule has 1 aliphatic heterocycles. The maximum absolute atomic E-state index is 6.12. The van der Waals surface area contributed by atoms with Crippen molar-refractivity contribution < 1.29 is 13.5 Å². The van der Waals surface area contributed by atoms with Crippen LogP contribution in [0.15, 0.2) is 127 Å². The fourth-order valence-electron chi connectivity index (χ4n) is 8.71. The van der Waals surface area contributed by atoms with Gasteiger partial charge in [-0.15, -0.1) is 5.41 Å². The van der Waals surface area contributed by atoms with E-state index in [2.05, 4.69) is 179 Å². The van der Waals surface area contributed by atoms with Crippen LogP contribution in [0.4, 0.5) is 5.69 Å². The van der Waals surface area contributed by atoms with Gasteiger partial charge in [-0.05, 0) is 55.2 Å².